The van der Waals surface area contributed by atoms with Crippen molar-refractivity contribution in [2.24, 2.45) is 5.41 Å². The Morgan fingerprint density at radius 3 is 2.47 bits per heavy atom. The summed E-state index contributed by atoms with van der Waals surface area (Å²) in [6, 6.07) is 9.62. The average Bonchev–Trinajstić information content (AvgIpc) is 2.38. The van der Waals surface area contributed by atoms with Crippen LogP contribution in [0.25, 0.3) is 0 Å². The standard InChI is InChI=1S/C15H20O4/c1-12(17)19-11-15(2,3)14(9-16)18-10-13-7-5-4-6-8-13/h4-9,14H,10-11H2,1-3H3. The smallest absolute Gasteiger partial charge is 0.302 e. The zero-order valence-corrected chi connectivity index (χ0v) is 11.6. The number of rotatable bonds is 7. The molecule has 0 aliphatic carbocycles. The molecule has 1 atom stereocenters. The zero-order valence-electron chi connectivity index (χ0n) is 11.6. The number of benzene rings is 1. The molecule has 1 aromatic rings. The molecular weight excluding hydrogens is 244 g/mol. The second kappa shape index (κ2) is 7.04. The predicted octanol–water partition coefficient (Wildman–Crippen LogP) is 2.36. The minimum absolute atomic E-state index is 0.153. The van der Waals surface area contributed by atoms with E-state index in [1.54, 1.807) is 0 Å². The molecule has 0 saturated heterocycles. The summed E-state index contributed by atoms with van der Waals surface area (Å²) in [5, 5.41) is 0. The van der Waals surface area contributed by atoms with Gasteiger partial charge in [-0.05, 0) is 5.56 Å². The first kappa shape index (κ1) is 15.4. The molecular formula is C15H20O4. The first-order valence-electron chi connectivity index (χ1n) is 6.20. The lowest BCUT2D eigenvalue weighted by Crippen LogP contribution is -2.37. The van der Waals surface area contributed by atoms with Crippen molar-refractivity contribution in [3.8, 4) is 0 Å². The van der Waals surface area contributed by atoms with Gasteiger partial charge in [-0.2, -0.15) is 0 Å². The van der Waals surface area contributed by atoms with E-state index in [9.17, 15) is 9.59 Å². The van der Waals surface area contributed by atoms with E-state index < -0.39 is 11.5 Å². The fourth-order valence-electron chi connectivity index (χ4n) is 1.58. The van der Waals surface area contributed by atoms with Crippen LogP contribution in [0.5, 0.6) is 0 Å². The van der Waals surface area contributed by atoms with Crippen molar-refractivity contribution in [3.63, 3.8) is 0 Å². The van der Waals surface area contributed by atoms with Crippen LogP contribution >= 0.6 is 0 Å². The molecule has 0 aromatic heterocycles. The van der Waals surface area contributed by atoms with Gasteiger partial charge in [-0.3, -0.25) is 4.79 Å². The summed E-state index contributed by atoms with van der Waals surface area (Å²) >= 11 is 0. The third-order valence-electron chi connectivity index (χ3n) is 2.81. The lowest BCUT2D eigenvalue weighted by Gasteiger charge is -2.29. The van der Waals surface area contributed by atoms with Crippen molar-refractivity contribution in [3.05, 3.63) is 35.9 Å². The largest absolute Gasteiger partial charge is 0.465 e. The molecule has 0 fully saturated rings. The van der Waals surface area contributed by atoms with Crippen LogP contribution in [0, 0.1) is 5.41 Å². The van der Waals surface area contributed by atoms with E-state index in [0.717, 1.165) is 11.8 Å². The van der Waals surface area contributed by atoms with Crippen molar-refractivity contribution in [2.45, 2.75) is 33.5 Å². The van der Waals surface area contributed by atoms with E-state index in [-0.39, 0.29) is 12.6 Å². The first-order valence-corrected chi connectivity index (χ1v) is 6.20. The Balaban J connectivity index is 2.56. The van der Waals surface area contributed by atoms with Crippen LogP contribution in [0.2, 0.25) is 0 Å². The van der Waals surface area contributed by atoms with E-state index in [4.69, 9.17) is 9.47 Å². The molecule has 4 nitrogen and oxygen atoms in total. The van der Waals surface area contributed by atoms with Gasteiger partial charge in [0.15, 0.2) is 0 Å². The number of ether oxygens (including phenoxy) is 2. The average molecular weight is 264 g/mol. The SMILES string of the molecule is CC(=O)OCC(C)(C)C(C=O)OCc1ccccc1. The van der Waals surface area contributed by atoms with Gasteiger partial charge in [0, 0.05) is 12.3 Å². The van der Waals surface area contributed by atoms with Crippen molar-refractivity contribution in [2.75, 3.05) is 6.61 Å². The van der Waals surface area contributed by atoms with E-state index in [1.807, 2.05) is 44.2 Å². The first-order chi connectivity index (χ1) is 8.95. The summed E-state index contributed by atoms with van der Waals surface area (Å²) in [7, 11) is 0. The maximum absolute atomic E-state index is 11.2. The van der Waals surface area contributed by atoms with Crippen molar-refractivity contribution in [1.82, 2.24) is 0 Å². The summed E-state index contributed by atoms with van der Waals surface area (Å²) in [4.78, 5) is 22.0. The van der Waals surface area contributed by atoms with Gasteiger partial charge in [0.05, 0.1) is 13.2 Å². The molecule has 19 heavy (non-hydrogen) atoms. The molecule has 0 aliphatic rings. The molecule has 0 bridgehead atoms. The van der Waals surface area contributed by atoms with Gasteiger partial charge < -0.3 is 14.3 Å². The number of carbonyl (C=O) groups excluding carboxylic acids is 2. The van der Waals surface area contributed by atoms with Crippen LogP contribution < -0.4 is 0 Å². The number of esters is 1. The van der Waals surface area contributed by atoms with Crippen LogP contribution in [-0.2, 0) is 25.7 Å². The maximum atomic E-state index is 11.2. The van der Waals surface area contributed by atoms with Gasteiger partial charge >= 0.3 is 5.97 Å². The quantitative estimate of drug-likeness (QED) is 0.560. The van der Waals surface area contributed by atoms with Crippen LogP contribution in [0.15, 0.2) is 30.3 Å². The lowest BCUT2D eigenvalue weighted by molar-refractivity contribution is -0.151. The summed E-state index contributed by atoms with van der Waals surface area (Å²) in [6.07, 6.45) is 0.138. The molecule has 0 heterocycles. The van der Waals surface area contributed by atoms with E-state index >= 15 is 0 Å². The lowest BCUT2D eigenvalue weighted by atomic mass is 9.88. The normalized spacial score (nSPS) is 12.8. The van der Waals surface area contributed by atoms with Gasteiger partial charge in [-0.1, -0.05) is 44.2 Å². The fourth-order valence-corrected chi connectivity index (χ4v) is 1.58. The predicted molar refractivity (Wildman–Crippen MR) is 71.5 cm³/mol. The Labute approximate surface area is 113 Å². The molecule has 1 aromatic carbocycles. The molecule has 1 unspecified atom stereocenters. The van der Waals surface area contributed by atoms with Gasteiger partial charge in [0.2, 0.25) is 0 Å². The molecule has 4 heteroatoms. The highest BCUT2D eigenvalue weighted by molar-refractivity contribution is 5.66. The van der Waals surface area contributed by atoms with Crippen LogP contribution in [-0.4, -0.2) is 25.0 Å². The Morgan fingerprint density at radius 2 is 1.95 bits per heavy atom. The molecule has 104 valence electrons. The Bertz CT molecular complexity index is 411. The maximum Gasteiger partial charge on any atom is 0.302 e. The van der Waals surface area contributed by atoms with Crippen molar-refractivity contribution >= 4 is 12.3 Å². The highest BCUT2D eigenvalue weighted by atomic mass is 16.5. The van der Waals surface area contributed by atoms with Gasteiger partial charge in [0.25, 0.3) is 0 Å². The second-order valence-corrected chi connectivity index (χ2v) is 5.12. The van der Waals surface area contributed by atoms with E-state index in [0.29, 0.717) is 6.61 Å². The minimum Gasteiger partial charge on any atom is -0.465 e. The zero-order chi connectivity index (χ0) is 14.3. The number of aldehydes is 1. The summed E-state index contributed by atoms with van der Waals surface area (Å²) < 4.78 is 10.6. The Morgan fingerprint density at radius 1 is 1.32 bits per heavy atom. The molecule has 0 N–H and O–H groups in total. The molecule has 0 aliphatic heterocycles. The molecule has 0 amide bonds. The Hall–Kier alpha value is -1.68. The highest BCUT2D eigenvalue weighted by Crippen LogP contribution is 2.23. The summed E-state index contributed by atoms with van der Waals surface area (Å²) in [5.41, 5.74) is 0.444. The Kier molecular flexibility index (Phi) is 5.70. The van der Waals surface area contributed by atoms with Crippen molar-refractivity contribution in [1.29, 1.82) is 0 Å². The van der Waals surface area contributed by atoms with E-state index in [1.165, 1.54) is 6.92 Å². The number of carbonyl (C=O) groups is 2. The molecule has 0 spiro atoms. The second-order valence-electron chi connectivity index (χ2n) is 5.12. The van der Waals surface area contributed by atoms with E-state index in [2.05, 4.69) is 0 Å². The summed E-state index contributed by atoms with van der Waals surface area (Å²) in [6.45, 7) is 5.52. The molecule has 0 radical (unpaired) electrons. The van der Waals surface area contributed by atoms with Gasteiger partial charge in [-0.15, -0.1) is 0 Å². The highest BCUT2D eigenvalue weighted by Gasteiger charge is 2.31. The third kappa shape index (κ3) is 5.22. The van der Waals surface area contributed by atoms with Gasteiger partial charge in [-0.25, -0.2) is 0 Å². The summed E-state index contributed by atoms with van der Waals surface area (Å²) in [5.74, 6) is -0.360. The molecule has 0 saturated carbocycles. The van der Waals surface area contributed by atoms with Crippen LogP contribution in [0.4, 0.5) is 0 Å². The van der Waals surface area contributed by atoms with Crippen molar-refractivity contribution < 1.29 is 19.1 Å². The third-order valence-corrected chi connectivity index (χ3v) is 2.81. The fraction of sp³-hybridized carbons (Fsp3) is 0.467. The minimum atomic E-state index is -0.618. The van der Waals surface area contributed by atoms with Crippen LogP contribution in [0.1, 0.15) is 26.3 Å². The number of hydrogen-bond acceptors (Lipinski definition) is 4. The van der Waals surface area contributed by atoms with Gasteiger partial charge in [0.1, 0.15) is 12.4 Å². The number of hydrogen-bond donors (Lipinski definition) is 0. The van der Waals surface area contributed by atoms with Crippen LogP contribution in [0.3, 0.4) is 0 Å². The molecule has 1 rings (SSSR count). The monoisotopic (exact) mass is 264 g/mol. The topological polar surface area (TPSA) is 52.6 Å².